The normalized spacial score (nSPS) is 15.2. The summed E-state index contributed by atoms with van der Waals surface area (Å²) in [7, 11) is 0. The second kappa shape index (κ2) is 13.5. The third-order valence-electron chi connectivity index (χ3n) is 11.2. The van der Waals surface area contributed by atoms with Crippen LogP contribution in [-0.2, 0) is 5.41 Å². The monoisotopic (exact) mass is 767 g/mol. The van der Waals surface area contributed by atoms with Crippen LogP contribution in [0.2, 0.25) is 0 Å². The van der Waals surface area contributed by atoms with E-state index in [4.69, 9.17) is 4.74 Å². The minimum Gasteiger partial charge on any atom is -0.453 e. The number of fused-ring (bicyclic) bond motifs is 5. The van der Waals surface area contributed by atoms with Crippen molar-refractivity contribution in [2.75, 3.05) is 4.90 Å². The molecule has 0 saturated carbocycles. The zero-order valence-electron chi connectivity index (χ0n) is 31.1. The van der Waals surface area contributed by atoms with E-state index in [1.54, 1.807) is 12.1 Å². The molecule has 0 bridgehead atoms. The van der Waals surface area contributed by atoms with E-state index >= 15 is 4.39 Å². The van der Waals surface area contributed by atoms with Crippen molar-refractivity contribution in [3.05, 3.63) is 216 Å². The van der Waals surface area contributed by atoms with E-state index in [0.29, 0.717) is 33.8 Å². The third-order valence-corrected chi connectivity index (χ3v) is 11.2. The second-order valence-electron chi connectivity index (χ2n) is 14.6. The summed E-state index contributed by atoms with van der Waals surface area (Å²) < 4.78 is 67.9. The Labute approximate surface area is 333 Å². The van der Waals surface area contributed by atoms with Gasteiger partial charge in [-0.3, -0.25) is 0 Å². The van der Waals surface area contributed by atoms with Gasteiger partial charge in [0.25, 0.3) is 0 Å². The molecule has 58 heavy (non-hydrogen) atoms. The molecule has 0 N–H and O–H groups in total. The predicted octanol–water partition coefficient (Wildman–Crippen LogP) is 14.3. The number of ether oxygens (including phenoxy) is 2. The number of alkyl halides is 3. The van der Waals surface area contributed by atoms with Gasteiger partial charge in [0.15, 0.2) is 11.5 Å². The molecule has 1 atom stereocenters. The Kier molecular flexibility index (Phi) is 8.23. The van der Waals surface area contributed by atoms with Gasteiger partial charge in [-0.25, -0.2) is 4.39 Å². The van der Waals surface area contributed by atoms with Crippen molar-refractivity contribution in [1.29, 1.82) is 0 Å². The predicted molar refractivity (Wildman–Crippen MR) is 221 cm³/mol. The van der Waals surface area contributed by atoms with Crippen molar-refractivity contribution >= 4 is 17.1 Å². The Morgan fingerprint density at radius 1 is 0.534 bits per heavy atom. The maximum Gasteiger partial charge on any atom is 0.573 e. The number of nitrogens with zero attached hydrogens (tertiary/aromatic N) is 1. The molecule has 1 heterocycles. The fourth-order valence-corrected chi connectivity index (χ4v) is 8.76. The number of rotatable bonds is 6. The Morgan fingerprint density at radius 2 is 1.14 bits per heavy atom. The molecule has 0 spiro atoms. The van der Waals surface area contributed by atoms with Gasteiger partial charge >= 0.3 is 6.36 Å². The van der Waals surface area contributed by atoms with E-state index in [-0.39, 0.29) is 11.6 Å². The molecule has 0 radical (unpaired) electrons. The Hall–Kier alpha value is -7.12. The maximum absolute atomic E-state index is 16.8. The van der Waals surface area contributed by atoms with E-state index < -0.39 is 11.8 Å². The lowest BCUT2D eigenvalue weighted by Gasteiger charge is -2.36. The SMILES string of the molecule is Cc1ccc(C2(c3ccc(OC(F)(F)F)cc3)c3cc(N4c5ccccc5Oc5ccccc54)ccc3-c3c2ccc(F)c3-c2cccc(-c3ccccc3)c2)cc1. The lowest BCUT2D eigenvalue weighted by atomic mass is 9.67. The largest absolute Gasteiger partial charge is 0.573 e. The first-order valence-electron chi connectivity index (χ1n) is 18.9. The van der Waals surface area contributed by atoms with E-state index in [0.717, 1.165) is 56.0 Å². The van der Waals surface area contributed by atoms with Gasteiger partial charge in [0.2, 0.25) is 0 Å². The van der Waals surface area contributed by atoms with Crippen molar-refractivity contribution < 1.29 is 27.0 Å². The van der Waals surface area contributed by atoms with Gasteiger partial charge in [0.1, 0.15) is 11.6 Å². The lowest BCUT2D eigenvalue weighted by molar-refractivity contribution is -0.274. The summed E-state index contributed by atoms with van der Waals surface area (Å²) in [4.78, 5) is 2.16. The molecule has 2 aliphatic rings. The van der Waals surface area contributed by atoms with Crippen molar-refractivity contribution in [2.24, 2.45) is 0 Å². The Morgan fingerprint density at radius 3 is 1.81 bits per heavy atom. The number of halogens is 4. The van der Waals surface area contributed by atoms with Crippen LogP contribution < -0.4 is 14.4 Å². The number of anilines is 3. The van der Waals surface area contributed by atoms with Crippen molar-refractivity contribution in [3.63, 3.8) is 0 Å². The molecular weight excluding hydrogens is 735 g/mol. The van der Waals surface area contributed by atoms with Gasteiger partial charge in [-0.15, -0.1) is 13.2 Å². The molecule has 1 unspecified atom stereocenters. The van der Waals surface area contributed by atoms with Crippen LogP contribution in [0.15, 0.2) is 182 Å². The second-order valence-corrected chi connectivity index (χ2v) is 14.6. The van der Waals surface area contributed by atoms with Crippen LogP contribution >= 0.6 is 0 Å². The smallest absolute Gasteiger partial charge is 0.453 e. The van der Waals surface area contributed by atoms with Crippen molar-refractivity contribution in [3.8, 4) is 50.6 Å². The third kappa shape index (κ3) is 5.73. The summed E-state index contributed by atoms with van der Waals surface area (Å²) in [5.41, 5.74) is 10.3. The molecular formula is C51H33F4NO2. The average molecular weight is 768 g/mol. The number of hydrogen-bond donors (Lipinski definition) is 0. The molecule has 1 aliphatic carbocycles. The van der Waals surface area contributed by atoms with Gasteiger partial charge in [-0.05, 0) is 118 Å². The number of para-hydroxylation sites is 4. The molecule has 0 saturated heterocycles. The van der Waals surface area contributed by atoms with Gasteiger partial charge in [-0.1, -0.05) is 127 Å². The van der Waals surface area contributed by atoms with E-state index in [9.17, 15) is 13.2 Å². The molecule has 282 valence electrons. The van der Waals surface area contributed by atoms with E-state index in [1.165, 1.54) is 18.2 Å². The topological polar surface area (TPSA) is 21.7 Å². The highest BCUT2D eigenvalue weighted by atomic mass is 19.4. The number of hydrogen-bond acceptors (Lipinski definition) is 3. The zero-order chi connectivity index (χ0) is 39.6. The first-order valence-corrected chi connectivity index (χ1v) is 18.9. The quantitative estimate of drug-likeness (QED) is 0.157. The molecule has 0 fully saturated rings. The van der Waals surface area contributed by atoms with Crippen LogP contribution in [0, 0.1) is 12.7 Å². The summed E-state index contributed by atoms with van der Waals surface area (Å²) in [6, 6.07) is 57.3. The van der Waals surface area contributed by atoms with Crippen LogP contribution in [0.1, 0.15) is 27.8 Å². The van der Waals surface area contributed by atoms with E-state index in [2.05, 4.69) is 27.8 Å². The molecule has 0 aromatic heterocycles. The summed E-state index contributed by atoms with van der Waals surface area (Å²) in [6.07, 6.45) is -4.86. The molecule has 8 aromatic rings. The molecule has 10 rings (SSSR count). The summed E-state index contributed by atoms with van der Waals surface area (Å²) in [5, 5.41) is 0. The summed E-state index contributed by atoms with van der Waals surface area (Å²) >= 11 is 0. The van der Waals surface area contributed by atoms with Crippen molar-refractivity contribution in [1.82, 2.24) is 0 Å². The molecule has 7 heteroatoms. The fraction of sp³-hybridized carbons (Fsp3) is 0.0588. The van der Waals surface area contributed by atoms with Crippen molar-refractivity contribution in [2.45, 2.75) is 18.7 Å². The van der Waals surface area contributed by atoms with Crippen LogP contribution in [0.4, 0.5) is 34.6 Å². The Bertz CT molecular complexity index is 2810. The molecule has 8 aromatic carbocycles. The van der Waals surface area contributed by atoms with Crippen LogP contribution in [-0.4, -0.2) is 6.36 Å². The highest BCUT2D eigenvalue weighted by molar-refractivity contribution is 5.98. The van der Waals surface area contributed by atoms with Crippen LogP contribution in [0.3, 0.4) is 0 Å². The average Bonchev–Trinajstić information content (AvgIpc) is 3.53. The highest BCUT2D eigenvalue weighted by Crippen LogP contribution is 2.61. The first-order chi connectivity index (χ1) is 28.2. The van der Waals surface area contributed by atoms with Crippen LogP contribution in [0.5, 0.6) is 17.2 Å². The summed E-state index contributed by atoms with van der Waals surface area (Å²) in [5.74, 6) is 0.667. The number of benzene rings is 8. The van der Waals surface area contributed by atoms with Gasteiger partial charge in [0.05, 0.1) is 16.8 Å². The zero-order valence-corrected chi connectivity index (χ0v) is 31.1. The standard InChI is InChI=1S/C51H33F4NO2/c1-32-18-20-36(21-19-32)50(37-22-25-39(26-23-37)58-51(53,54)55)41-28-29-43(52)48(35-13-9-12-34(30-35)33-10-3-2-4-11-33)49(41)40-27-24-38(31-42(40)50)56-44-14-5-7-16-46(44)57-47-17-8-6-15-45(47)56/h2-31H,1H3. The van der Waals surface area contributed by atoms with Crippen LogP contribution in [0.25, 0.3) is 33.4 Å². The number of aryl methyl sites for hydroxylation is 1. The molecule has 3 nitrogen and oxygen atoms in total. The van der Waals surface area contributed by atoms with Gasteiger partial charge in [-0.2, -0.15) is 0 Å². The lowest BCUT2D eigenvalue weighted by Crippen LogP contribution is -2.29. The first kappa shape index (κ1) is 35.3. The highest BCUT2D eigenvalue weighted by Gasteiger charge is 2.48. The molecule has 0 amide bonds. The van der Waals surface area contributed by atoms with E-state index in [1.807, 2.05) is 140 Å². The minimum absolute atomic E-state index is 0.332. The maximum atomic E-state index is 16.8. The van der Waals surface area contributed by atoms with Gasteiger partial charge < -0.3 is 14.4 Å². The fourth-order valence-electron chi connectivity index (χ4n) is 8.76. The van der Waals surface area contributed by atoms with Gasteiger partial charge in [0, 0.05) is 11.3 Å². The Balaban J connectivity index is 1.29. The minimum atomic E-state index is -4.86. The summed E-state index contributed by atoms with van der Waals surface area (Å²) in [6.45, 7) is 2.01. The molecule has 1 aliphatic heterocycles.